The summed E-state index contributed by atoms with van der Waals surface area (Å²) in [4.78, 5) is 15.3. The van der Waals surface area contributed by atoms with E-state index in [0.29, 0.717) is 17.1 Å². The van der Waals surface area contributed by atoms with Crippen molar-refractivity contribution in [2.75, 3.05) is 27.3 Å². The quantitative estimate of drug-likeness (QED) is 0.699. The van der Waals surface area contributed by atoms with E-state index < -0.39 is 0 Å². The molecular formula is C24H26ClNO3. The molecule has 0 bridgehead atoms. The molecule has 4 rings (SSSR count). The average Bonchev–Trinajstić information content (AvgIpc) is 3.03. The number of allylic oxidation sites excluding steroid dienone is 2. The van der Waals surface area contributed by atoms with E-state index in [2.05, 4.69) is 41.3 Å². The first kappa shape index (κ1) is 21.2. The standard InChI is InChI=1S/C24H25NO3.ClH/c1-27-22-14-19-13-20(24(26)21(19)15-23(22)28-2)12-17-8-10-25(11-9-17)16-18-6-4-3-5-7-18;/h3-7,12-15H,8-11,16H2,1-2H3;1H. The Balaban J connectivity index is 0.00000240. The summed E-state index contributed by atoms with van der Waals surface area (Å²) < 4.78 is 10.7. The number of benzene rings is 2. The zero-order valence-electron chi connectivity index (χ0n) is 16.8. The molecule has 1 aliphatic carbocycles. The third-order valence-corrected chi connectivity index (χ3v) is 5.48. The van der Waals surface area contributed by atoms with Gasteiger partial charge in [0.1, 0.15) is 0 Å². The van der Waals surface area contributed by atoms with Gasteiger partial charge in [0.2, 0.25) is 0 Å². The Morgan fingerprint density at radius 3 is 2.31 bits per heavy atom. The molecule has 0 spiro atoms. The monoisotopic (exact) mass is 411 g/mol. The Kier molecular flexibility index (Phi) is 6.78. The number of methoxy groups -OCH3 is 2. The van der Waals surface area contributed by atoms with Crippen LogP contribution in [-0.2, 0) is 6.54 Å². The van der Waals surface area contributed by atoms with Crippen molar-refractivity contribution in [2.24, 2.45) is 0 Å². The van der Waals surface area contributed by atoms with Gasteiger partial charge >= 0.3 is 0 Å². The van der Waals surface area contributed by atoms with Gasteiger partial charge in [0.05, 0.1) is 14.2 Å². The second-order valence-corrected chi connectivity index (χ2v) is 7.29. The van der Waals surface area contributed by atoms with E-state index in [-0.39, 0.29) is 18.2 Å². The number of likely N-dealkylation sites (tertiary alicyclic amines) is 1. The number of ketones is 1. The second kappa shape index (κ2) is 9.29. The number of Topliss-reactive ketones (excluding diaryl/α,β-unsaturated/α-hetero) is 1. The van der Waals surface area contributed by atoms with Crippen molar-refractivity contribution in [1.82, 2.24) is 4.90 Å². The minimum Gasteiger partial charge on any atom is -0.493 e. The first-order valence-electron chi connectivity index (χ1n) is 9.66. The Labute approximate surface area is 178 Å². The molecule has 1 heterocycles. The zero-order chi connectivity index (χ0) is 19.5. The number of carbonyl (C=O) groups excluding carboxylic acids is 1. The fourth-order valence-electron chi connectivity index (χ4n) is 3.91. The highest BCUT2D eigenvalue weighted by molar-refractivity contribution is 6.20. The van der Waals surface area contributed by atoms with Gasteiger partial charge in [0, 0.05) is 30.8 Å². The van der Waals surface area contributed by atoms with Crippen LogP contribution in [0.2, 0.25) is 0 Å². The number of nitrogens with zero attached hydrogens (tertiary/aromatic N) is 1. The average molecular weight is 412 g/mol. The molecule has 0 atom stereocenters. The smallest absolute Gasteiger partial charge is 0.193 e. The van der Waals surface area contributed by atoms with E-state index in [0.717, 1.165) is 43.6 Å². The predicted molar refractivity (Wildman–Crippen MR) is 118 cm³/mol. The van der Waals surface area contributed by atoms with Crippen molar-refractivity contribution in [3.63, 3.8) is 0 Å². The first-order chi connectivity index (χ1) is 13.7. The largest absolute Gasteiger partial charge is 0.493 e. The minimum atomic E-state index is 0. The molecule has 0 saturated carbocycles. The van der Waals surface area contributed by atoms with Crippen LogP contribution in [0.3, 0.4) is 0 Å². The molecule has 0 aromatic heterocycles. The third-order valence-electron chi connectivity index (χ3n) is 5.48. The summed E-state index contributed by atoms with van der Waals surface area (Å²) >= 11 is 0. The van der Waals surface area contributed by atoms with Crippen molar-refractivity contribution in [3.8, 4) is 11.5 Å². The van der Waals surface area contributed by atoms with Crippen LogP contribution in [-0.4, -0.2) is 38.0 Å². The molecule has 5 heteroatoms. The summed E-state index contributed by atoms with van der Waals surface area (Å²) in [6.45, 7) is 3.04. The fourth-order valence-corrected chi connectivity index (χ4v) is 3.91. The lowest BCUT2D eigenvalue weighted by atomic mass is 9.99. The van der Waals surface area contributed by atoms with Gasteiger partial charge in [-0.1, -0.05) is 42.0 Å². The maximum Gasteiger partial charge on any atom is 0.193 e. The molecule has 2 aromatic carbocycles. The summed E-state index contributed by atoms with van der Waals surface area (Å²) in [6.07, 6.45) is 6.05. The molecule has 0 radical (unpaired) electrons. The molecule has 152 valence electrons. The van der Waals surface area contributed by atoms with Crippen molar-refractivity contribution < 1.29 is 14.3 Å². The van der Waals surface area contributed by atoms with E-state index in [1.54, 1.807) is 20.3 Å². The number of ether oxygens (including phenoxy) is 2. The van der Waals surface area contributed by atoms with Crippen LogP contribution in [0.25, 0.3) is 6.08 Å². The molecule has 1 aliphatic heterocycles. The van der Waals surface area contributed by atoms with Crippen molar-refractivity contribution >= 4 is 24.3 Å². The summed E-state index contributed by atoms with van der Waals surface area (Å²) in [6, 6.07) is 14.2. The molecule has 1 saturated heterocycles. The summed E-state index contributed by atoms with van der Waals surface area (Å²) in [5.41, 5.74) is 5.04. The number of hydrogen-bond donors (Lipinski definition) is 0. The summed E-state index contributed by atoms with van der Waals surface area (Å²) in [5.74, 6) is 1.30. The van der Waals surface area contributed by atoms with Crippen LogP contribution in [0.4, 0.5) is 0 Å². The Morgan fingerprint density at radius 1 is 1.00 bits per heavy atom. The minimum absolute atomic E-state index is 0. The highest BCUT2D eigenvalue weighted by atomic mass is 35.5. The van der Waals surface area contributed by atoms with Gasteiger partial charge in [0.15, 0.2) is 17.3 Å². The zero-order valence-corrected chi connectivity index (χ0v) is 17.6. The number of fused-ring (bicyclic) bond motifs is 1. The first-order valence-corrected chi connectivity index (χ1v) is 9.66. The summed E-state index contributed by atoms with van der Waals surface area (Å²) in [7, 11) is 3.19. The van der Waals surface area contributed by atoms with Crippen LogP contribution < -0.4 is 9.47 Å². The van der Waals surface area contributed by atoms with Gasteiger partial charge in [-0.05, 0) is 42.2 Å². The van der Waals surface area contributed by atoms with E-state index in [1.807, 2.05) is 12.1 Å². The number of hydrogen-bond acceptors (Lipinski definition) is 4. The van der Waals surface area contributed by atoms with Crippen LogP contribution in [0.1, 0.15) is 34.3 Å². The maximum absolute atomic E-state index is 12.8. The summed E-state index contributed by atoms with van der Waals surface area (Å²) in [5, 5.41) is 0. The highest BCUT2D eigenvalue weighted by Crippen LogP contribution is 2.36. The normalized spacial score (nSPS) is 16.0. The SMILES string of the molecule is COc1cc2c(cc1OC)C(=O)C(C=C1CCN(Cc3ccccc3)CC1)=C2.Cl. The van der Waals surface area contributed by atoms with Gasteiger partial charge in [-0.2, -0.15) is 0 Å². The lowest BCUT2D eigenvalue weighted by Crippen LogP contribution is -2.30. The fraction of sp³-hybridized carbons (Fsp3) is 0.292. The van der Waals surface area contributed by atoms with E-state index >= 15 is 0 Å². The lowest BCUT2D eigenvalue weighted by molar-refractivity contribution is 0.104. The maximum atomic E-state index is 12.8. The van der Waals surface area contributed by atoms with Gasteiger partial charge in [-0.25, -0.2) is 0 Å². The van der Waals surface area contributed by atoms with Crippen molar-refractivity contribution in [3.05, 3.63) is 76.4 Å². The van der Waals surface area contributed by atoms with E-state index in [4.69, 9.17) is 9.47 Å². The van der Waals surface area contributed by atoms with E-state index in [9.17, 15) is 4.79 Å². The lowest BCUT2D eigenvalue weighted by Gasteiger charge is -2.28. The van der Waals surface area contributed by atoms with Gasteiger partial charge in [-0.3, -0.25) is 9.69 Å². The highest BCUT2D eigenvalue weighted by Gasteiger charge is 2.25. The van der Waals surface area contributed by atoms with Gasteiger partial charge < -0.3 is 9.47 Å². The Morgan fingerprint density at radius 2 is 1.66 bits per heavy atom. The van der Waals surface area contributed by atoms with E-state index in [1.165, 1.54) is 11.1 Å². The number of rotatable bonds is 5. The van der Waals surface area contributed by atoms with Crippen LogP contribution in [0.15, 0.2) is 59.7 Å². The molecule has 0 N–H and O–H groups in total. The molecule has 2 aromatic rings. The molecular weight excluding hydrogens is 386 g/mol. The molecule has 4 nitrogen and oxygen atoms in total. The molecule has 0 amide bonds. The van der Waals surface area contributed by atoms with Crippen LogP contribution in [0, 0.1) is 0 Å². The van der Waals surface area contributed by atoms with Crippen molar-refractivity contribution in [1.29, 1.82) is 0 Å². The predicted octanol–water partition coefficient (Wildman–Crippen LogP) is 4.93. The molecule has 0 unspecified atom stereocenters. The molecule has 1 fully saturated rings. The number of carbonyl (C=O) groups is 1. The topological polar surface area (TPSA) is 38.8 Å². The van der Waals surface area contributed by atoms with Crippen LogP contribution in [0.5, 0.6) is 11.5 Å². The van der Waals surface area contributed by atoms with Gasteiger partial charge in [-0.15, -0.1) is 12.4 Å². The second-order valence-electron chi connectivity index (χ2n) is 7.29. The number of halogens is 1. The Bertz CT molecular complexity index is 940. The third kappa shape index (κ3) is 4.55. The van der Waals surface area contributed by atoms with Gasteiger partial charge in [0.25, 0.3) is 0 Å². The van der Waals surface area contributed by atoms with Crippen LogP contribution >= 0.6 is 12.4 Å². The Hall–Kier alpha value is -2.56. The molecule has 29 heavy (non-hydrogen) atoms. The number of piperidine rings is 1. The van der Waals surface area contributed by atoms with Crippen molar-refractivity contribution in [2.45, 2.75) is 19.4 Å². The molecule has 2 aliphatic rings.